The van der Waals surface area contributed by atoms with Gasteiger partial charge >= 0.3 is 0 Å². The van der Waals surface area contributed by atoms with E-state index in [-0.39, 0.29) is 5.91 Å². The standard InChI is InChI=1S/C16H17N5O/c1-2-3-8-18-15(22)14-7-9-19-16(21-14)20-13-6-4-5-12(10-13)11-17/h4-7,9-10H,2-3,8H2,1H3,(H,18,22)(H,19,20,21). The molecule has 1 aromatic carbocycles. The number of nitrogens with zero attached hydrogens (tertiary/aromatic N) is 3. The lowest BCUT2D eigenvalue weighted by Gasteiger charge is -2.07. The zero-order valence-corrected chi connectivity index (χ0v) is 12.3. The summed E-state index contributed by atoms with van der Waals surface area (Å²) in [5, 5.41) is 14.7. The van der Waals surface area contributed by atoms with Crippen LogP contribution in [0, 0.1) is 11.3 Å². The first-order valence-electron chi connectivity index (χ1n) is 7.11. The molecule has 6 nitrogen and oxygen atoms in total. The lowest BCUT2D eigenvalue weighted by atomic mass is 10.2. The molecule has 2 N–H and O–H groups in total. The van der Waals surface area contributed by atoms with E-state index in [4.69, 9.17) is 5.26 Å². The smallest absolute Gasteiger partial charge is 0.270 e. The van der Waals surface area contributed by atoms with Gasteiger partial charge in [-0.1, -0.05) is 19.4 Å². The van der Waals surface area contributed by atoms with Gasteiger partial charge in [0.05, 0.1) is 11.6 Å². The van der Waals surface area contributed by atoms with E-state index < -0.39 is 0 Å². The number of nitrogens with one attached hydrogen (secondary N) is 2. The fraction of sp³-hybridized carbons (Fsp3) is 0.250. The molecule has 0 aliphatic rings. The van der Waals surface area contributed by atoms with Crippen LogP contribution in [0.2, 0.25) is 0 Å². The Morgan fingerprint density at radius 1 is 1.36 bits per heavy atom. The average molecular weight is 295 g/mol. The molecule has 0 aliphatic heterocycles. The van der Waals surface area contributed by atoms with Crippen LogP contribution in [-0.4, -0.2) is 22.4 Å². The molecule has 2 aromatic rings. The van der Waals surface area contributed by atoms with E-state index in [0.717, 1.165) is 12.8 Å². The summed E-state index contributed by atoms with van der Waals surface area (Å²) in [4.78, 5) is 20.2. The lowest BCUT2D eigenvalue weighted by Crippen LogP contribution is -2.25. The van der Waals surface area contributed by atoms with E-state index in [1.54, 1.807) is 30.3 Å². The van der Waals surface area contributed by atoms with Gasteiger partial charge in [-0.15, -0.1) is 0 Å². The van der Waals surface area contributed by atoms with Crippen LogP contribution >= 0.6 is 0 Å². The Morgan fingerprint density at radius 2 is 2.23 bits per heavy atom. The van der Waals surface area contributed by atoms with Crippen LogP contribution in [0.3, 0.4) is 0 Å². The van der Waals surface area contributed by atoms with Gasteiger partial charge in [0.25, 0.3) is 5.91 Å². The van der Waals surface area contributed by atoms with Gasteiger partial charge in [0.2, 0.25) is 5.95 Å². The Hall–Kier alpha value is -2.94. The van der Waals surface area contributed by atoms with Gasteiger partial charge in [0.1, 0.15) is 5.69 Å². The Kier molecular flexibility index (Phi) is 5.44. The lowest BCUT2D eigenvalue weighted by molar-refractivity contribution is 0.0948. The van der Waals surface area contributed by atoms with Crippen LogP contribution in [0.15, 0.2) is 36.5 Å². The summed E-state index contributed by atoms with van der Waals surface area (Å²) in [6, 6.07) is 10.6. The predicted molar refractivity (Wildman–Crippen MR) is 83.7 cm³/mol. The van der Waals surface area contributed by atoms with E-state index in [9.17, 15) is 4.79 Å². The third-order valence-corrected chi connectivity index (χ3v) is 2.95. The number of anilines is 2. The Balaban J connectivity index is 2.08. The summed E-state index contributed by atoms with van der Waals surface area (Å²) >= 11 is 0. The van der Waals surface area contributed by atoms with Crippen LogP contribution in [-0.2, 0) is 0 Å². The second-order valence-electron chi connectivity index (χ2n) is 4.69. The Labute approximate surface area is 129 Å². The minimum absolute atomic E-state index is 0.218. The first-order valence-corrected chi connectivity index (χ1v) is 7.11. The Bertz CT molecular complexity index is 693. The summed E-state index contributed by atoms with van der Waals surface area (Å²) in [6.45, 7) is 2.69. The second-order valence-corrected chi connectivity index (χ2v) is 4.69. The first kappa shape index (κ1) is 15.4. The summed E-state index contributed by atoms with van der Waals surface area (Å²) in [5.41, 5.74) is 1.55. The third-order valence-electron chi connectivity index (χ3n) is 2.95. The summed E-state index contributed by atoms with van der Waals surface area (Å²) in [6.07, 6.45) is 3.48. The molecule has 22 heavy (non-hydrogen) atoms. The Morgan fingerprint density at radius 3 is 3.00 bits per heavy atom. The van der Waals surface area contributed by atoms with Crippen molar-refractivity contribution in [3.8, 4) is 6.07 Å². The molecule has 0 atom stereocenters. The van der Waals surface area contributed by atoms with E-state index >= 15 is 0 Å². The maximum atomic E-state index is 12.0. The topological polar surface area (TPSA) is 90.7 Å². The monoisotopic (exact) mass is 295 g/mol. The van der Waals surface area contributed by atoms with Crippen molar-refractivity contribution in [2.75, 3.05) is 11.9 Å². The van der Waals surface area contributed by atoms with Crippen LogP contribution in [0.4, 0.5) is 11.6 Å². The van der Waals surface area contributed by atoms with Crippen LogP contribution in [0.1, 0.15) is 35.8 Å². The molecular weight excluding hydrogens is 278 g/mol. The van der Waals surface area contributed by atoms with Gasteiger partial charge in [-0.3, -0.25) is 4.79 Å². The largest absolute Gasteiger partial charge is 0.351 e. The second kappa shape index (κ2) is 7.74. The fourth-order valence-electron chi connectivity index (χ4n) is 1.81. The molecule has 1 aromatic heterocycles. The van der Waals surface area contributed by atoms with E-state index in [1.165, 1.54) is 6.20 Å². The van der Waals surface area contributed by atoms with Gasteiger partial charge in [-0.2, -0.15) is 5.26 Å². The number of rotatable bonds is 6. The van der Waals surface area contributed by atoms with Crippen molar-refractivity contribution in [1.82, 2.24) is 15.3 Å². The number of carbonyl (C=O) groups excluding carboxylic acids is 1. The number of nitriles is 1. The minimum atomic E-state index is -0.218. The molecule has 0 radical (unpaired) electrons. The zero-order valence-electron chi connectivity index (χ0n) is 12.3. The minimum Gasteiger partial charge on any atom is -0.351 e. The summed E-state index contributed by atoms with van der Waals surface area (Å²) in [5.74, 6) is 0.0999. The number of hydrogen-bond acceptors (Lipinski definition) is 5. The molecule has 0 spiro atoms. The van der Waals surface area contributed by atoms with Crippen molar-refractivity contribution in [2.45, 2.75) is 19.8 Å². The van der Waals surface area contributed by atoms with Crippen molar-refractivity contribution in [1.29, 1.82) is 5.26 Å². The van der Waals surface area contributed by atoms with E-state index in [0.29, 0.717) is 29.4 Å². The predicted octanol–water partition coefficient (Wildman–Crippen LogP) is 2.62. The van der Waals surface area contributed by atoms with Gasteiger partial charge in [0, 0.05) is 18.4 Å². The fourth-order valence-corrected chi connectivity index (χ4v) is 1.81. The van der Waals surface area contributed by atoms with E-state index in [2.05, 4.69) is 33.6 Å². The molecule has 0 aliphatic carbocycles. The highest BCUT2D eigenvalue weighted by molar-refractivity contribution is 5.92. The highest BCUT2D eigenvalue weighted by Crippen LogP contribution is 2.14. The quantitative estimate of drug-likeness (QED) is 0.799. The third kappa shape index (κ3) is 4.28. The van der Waals surface area contributed by atoms with Gasteiger partial charge < -0.3 is 10.6 Å². The summed E-state index contributed by atoms with van der Waals surface area (Å²) in [7, 11) is 0. The van der Waals surface area contributed by atoms with Crippen molar-refractivity contribution in [2.24, 2.45) is 0 Å². The molecular formula is C16H17N5O. The van der Waals surface area contributed by atoms with Gasteiger partial charge in [-0.25, -0.2) is 9.97 Å². The molecule has 0 fully saturated rings. The van der Waals surface area contributed by atoms with Crippen LogP contribution < -0.4 is 10.6 Å². The molecule has 0 saturated carbocycles. The molecule has 0 unspecified atom stereocenters. The highest BCUT2D eigenvalue weighted by Gasteiger charge is 2.08. The normalized spacial score (nSPS) is 9.82. The van der Waals surface area contributed by atoms with Crippen molar-refractivity contribution >= 4 is 17.5 Å². The molecule has 0 saturated heterocycles. The SMILES string of the molecule is CCCCNC(=O)c1ccnc(Nc2cccc(C#N)c2)n1. The van der Waals surface area contributed by atoms with Crippen molar-refractivity contribution in [3.63, 3.8) is 0 Å². The number of unbranched alkanes of at least 4 members (excludes halogenated alkanes) is 1. The molecule has 1 amide bonds. The summed E-state index contributed by atoms with van der Waals surface area (Å²) < 4.78 is 0. The molecule has 2 rings (SSSR count). The van der Waals surface area contributed by atoms with Crippen LogP contribution in [0.25, 0.3) is 0 Å². The highest BCUT2D eigenvalue weighted by atomic mass is 16.1. The number of benzene rings is 1. The number of amides is 1. The molecule has 6 heteroatoms. The molecule has 112 valence electrons. The van der Waals surface area contributed by atoms with Crippen molar-refractivity contribution in [3.05, 3.63) is 47.8 Å². The molecule has 1 heterocycles. The zero-order chi connectivity index (χ0) is 15.8. The number of aromatic nitrogens is 2. The maximum absolute atomic E-state index is 12.0. The first-order chi connectivity index (χ1) is 10.7. The van der Waals surface area contributed by atoms with Gasteiger partial charge in [0.15, 0.2) is 0 Å². The van der Waals surface area contributed by atoms with Gasteiger partial charge in [-0.05, 0) is 30.7 Å². The van der Waals surface area contributed by atoms with E-state index in [1.807, 2.05) is 0 Å². The van der Waals surface area contributed by atoms with Crippen LogP contribution in [0.5, 0.6) is 0 Å². The number of carbonyl (C=O) groups is 1. The maximum Gasteiger partial charge on any atom is 0.270 e. The number of hydrogen-bond donors (Lipinski definition) is 2. The van der Waals surface area contributed by atoms with Crippen molar-refractivity contribution < 1.29 is 4.79 Å². The molecule has 0 bridgehead atoms. The average Bonchev–Trinajstić information content (AvgIpc) is 2.55.